The van der Waals surface area contributed by atoms with Crippen LogP contribution in [-0.4, -0.2) is 22.7 Å². The van der Waals surface area contributed by atoms with Crippen LogP contribution in [-0.2, 0) is 4.79 Å². The van der Waals surface area contributed by atoms with E-state index in [2.05, 4.69) is 6.92 Å². The van der Waals surface area contributed by atoms with Crippen molar-refractivity contribution < 1.29 is 23.1 Å². The summed E-state index contributed by atoms with van der Waals surface area (Å²) in [7, 11) is 0. The van der Waals surface area contributed by atoms with Crippen LogP contribution in [0.1, 0.15) is 79.1 Å². The first-order valence-electron chi connectivity index (χ1n) is 11.6. The molecule has 6 saturated carbocycles. The zero-order valence-electron chi connectivity index (χ0n) is 18.1. The van der Waals surface area contributed by atoms with Crippen molar-refractivity contribution in [3.8, 4) is 0 Å². The number of rotatable bonds is 3. The predicted molar refractivity (Wildman–Crippen MR) is 104 cm³/mol. The highest BCUT2D eigenvalue weighted by Crippen LogP contribution is 2.72. The maximum Gasteiger partial charge on any atom is 0.401 e. The van der Waals surface area contributed by atoms with Crippen LogP contribution < -0.4 is 0 Å². The molecule has 0 saturated heterocycles. The summed E-state index contributed by atoms with van der Waals surface area (Å²) in [6.07, 6.45) is 0.704. The van der Waals surface area contributed by atoms with Gasteiger partial charge in [0.05, 0.1) is 5.60 Å². The van der Waals surface area contributed by atoms with Gasteiger partial charge in [0.15, 0.2) is 5.78 Å². The van der Waals surface area contributed by atoms with Crippen molar-refractivity contribution in [2.75, 3.05) is 0 Å². The van der Waals surface area contributed by atoms with E-state index in [1.54, 1.807) is 13.8 Å². The molecule has 6 aliphatic rings. The van der Waals surface area contributed by atoms with E-state index in [9.17, 15) is 23.1 Å². The van der Waals surface area contributed by atoms with Gasteiger partial charge in [-0.1, -0.05) is 27.7 Å². The van der Waals surface area contributed by atoms with E-state index in [1.807, 2.05) is 6.92 Å². The number of fused-ring (bicyclic) bond motifs is 2. The van der Waals surface area contributed by atoms with Crippen LogP contribution in [0.3, 0.4) is 0 Å². The van der Waals surface area contributed by atoms with Gasteiger partial charge in [0.2, 0.25) is 0 Å². The number of aliphatic hydroxyl groups is 1. The molecule has 6 rings (SSSR count). The molecule has 0 amide bonds. The summed E-state index contributed by atoms with van der Waals surface area (Å²) in [6.45, 7) is 7.56. The Kier molecular flexibility index (Phi) is 3.93. The van der Waals surface area contributed by atoms with Gasteiger partial charge in [-0.15, -0.1) is 0 Å². The molecule has 0 radical (unpaired) electrons. The van der Waals surface area contributed by atoms with Crippen molar-refractivity contribution in [1.29, 1.82) is 0 Å². The van der Waals surface area contributed by atoms with Gasteiger partial charge in [-0.2, -0.15) is 13.2 Å². The third kappa shape index (κ3) is 2.37. The number of carbonyl (C=O) groups is 1. The average molecular weight is 413 g/mol. The second-order valence-corrected chi connectivity index (χ2v) is 12.4. The SMILES string of the molecule is CC1C2CC(C1C)C(C(=O)C(C)(C)C13CC4CC(CC(O)(C4)C1)C3)(C(F)(F)F)C2. The molecule has 1 N–H and O–H groups in total. The highest BCUT2D eigenvalue weighted by atomic mass is 19.4. The number of carbonyl (C=O) groups excluding carboxylic acids is 1. The Bertz CT molecular complexity index is 725. The van der Waals surface area contributed by atoms with Crippen molar-refractivity contribution in [1.82, 2.24) is 0 Å². The minimum Gasteiger partial charge on any atom is -0.390 e. The molecule has 5 heteroatoms. The molecule has 6 fully saturated rings. The predicted octanol–water partition coefficient (Wildman–Crippen LogP) is 5.77. The Hall–Kier alpha value is -0.580. The molecule has 0 aliphatic heterocycles. The van der Waals surface area contributed by atoms with E-state index in [1.165, 1.54) is 0 Å². The lowest BCUT2D eigenvalue weighted by Gasteiger charge is -2.65. The lowest BCUT2D eigenvalue weighted by atomic mass is 9.40. The molecular formula is C24H35F3O2. The molecular weight excluding hydrogens is 377 g/mol. The number of hydrogen-bond donors (Lipinski definition) is 1. The highest BCUT2D eigenvalue weighted by Gasteiger charge is 2.76. The summed E-state index contributed by atoms with van der Waals surface area (Å²) in [5.74, 6) is -0.261. The molecule has 7 unspecified atom stereocenters. The minimum absolute atomic E-state index is 0.00285. The van der Waals surface area contributed by atoms with Crippen molar-refractivity contribution in [2.24, 2.45) is 51.8 Å². The molecule has 0 aromatic carbocycles. The molecule has 0 aromatic rings. The Morgan fingerprint density at radius 1 is 0.931 bits per heavy atom. The van der Waals surface area contributed by atoms with E-state index in [-0.39, 0.29) is 24.2 Å². The van der Waals surface area contributed by atoms with E-state index in [0.717, 1.165) is 32.1 Å². The first-order valence-corrected chi connectivity index (χ1v) is 11.6. The lowest BCUT2D eigenvalue weighted by Crippen LogP contribution is -2.65. The molecule has 6 bridgehead atoms. The summed E-state index contributed by atoms with van der Waals surface area (Å²) < 4.78 is 44.2. The topological polar surface area (TPSA) is 37.3 Å². The molecule has 29 heavy (non-hydrogen) atoms. The monoisotopic (exact) mass is 412 g/mol. The van der Waals surface area contributed by atoms with E-state index in [0.29, 0.717) is 24.7 Å². The fourth-order valence-electron chi connectivity index (χ4n) is 9.50. The maximum absolute atomic E-state index is 14.7. The Balaban J connectivity index is 1.57. The minimum atomic E-state index is -4.51. The number of ketones is 1. The molecule has 164 valence electrons. The van der Waals surface area contributed by atoms with Crippen molar-refractivity contribution >= 4 is 5.78 Å². The third-order valence-corrected chi connectivity index (χ3v) is 10.8. The second kappa shape index (κ2) is 5.61. The fourth-order valence-corrected chi connectivity index (χ4v) is 9.50. The smallest absolute Gasteiger partial charge is 0.390 e. The molecule has 2 nitrogen and oxygen atoms in total. The summed E-state index contributed by atoms with van der Waals surface area (Å²) in [5.41, 5.74) is -4.53. The normalized spacial score (nSPS) is 53.7. The Labute approximate surface area is 172 Å². The van der Waals surface area contributed by atoms with Crippen LogP contribution in [0.15, 0.2) is 0 Å². The summed E-state index contributed by atoms with van der Waals surface area (Å²) >= 11 is 0. The Morgan fingerprint density at radius 3 is 1.97 bits per heavy atom. The summed E-state index contributed by atoms with van der Waals surface area (Å²) in [4.78, 5) is 14.1. The van der Waals surface area contributed by atoms with Crippen LogP contribution >= 0.6 is 0 Å². The van der Waals surface area contributed by atoms with Gasteiger partial charge in [0.1, 0.15) is 5.41 Å². The maximum atomic E-state index is 14.7. The van der Waals surface area contributed by atoms with E-state index in [4.69, 9.17) is 0 Å². The van der Waals surface area contributed by atoms with Gasteiger partial charge in [0, 0.05) is 5.41 Å². The highest BCUT2D eigenvalue weighted by molar-refractivity contribution is 5.92. The molecule has 6 aliphatic carbocycles. The quantitative estimate of drug-likeness (QED) is 0.639. The molecule has 0 heterocycles. The van der Waals surface area contributed by atoms with Crippen LogP contribution in [0.25, 0.3) is 0 Å². The number of hydrogen-bond acceptors (Lipinski definition) is 2. The molecule has 0 spiro atoms. The summed E-state index contributed by atoms with van der Waals surface area (Å²) in [5, 5.41) is 11.2. The third-order valence-electron chi connectivity index (χ3n) is 10.8. The average Bonchev–Trinajstić information content (AvgIpc) is 3.09. The zero-order valence-corrected chi connectivity index (χ0v) is 18.1. The van der Waals surface area contributed by atoms with Gasteiger partial charge in [-0.25, -0.2) is 0 Å². The fraction of sp³-hybridized carbons (Fsp3) is 0.958. The lowest BCUT2D eigenvalue weighted by molar-refractivity contribution is -0.255. The van der Waals surface area contributed by atoms with Crippen LogP contribution in [0, 0.1) is 51.8 Å². The first kappa shape index (κ1) is 20.3. The standard InChI is InChI=1S/C24H35F3O2/c1-13-14(2)18-6-17(13)11-23(18,24(25,26)27)19(28)20(3,4)21-7-15-5-16(8-21)10-22(29,9-15)12-21/h13-18,29H,5-12H2,1-4H3. The van der Waals surface area contributed by atoms with Crippen LogP contribution in [0.2, 0.25) is 0 Å². The van der Waals surface area contributed by atoms with Crippen molar-refractivity contribution in [2.45, 2.75) is 90.8 Å². The van der Waals surface area contributed by atoms with Gasteiger partial charge in [0.25, 0.3) is 0 Å². The van der Waals surface area contributed by atoms with Gasteiger partial charge in [-0.3, -0.25) is 4.79 Å². The van der Waals surface area contributed by atoms with Crippen molar-refractivity contribution in [3.05, 3.63) is 0 Å². The van der Waals surface area contributed by atoms with Gasteiger partial charge in [-0.05, 0) is 92.3 Å². The molecule has 7 atom stereocenters. The number of halogens is 3. The zero-order chi connectivity index (χ0) is 21.2. The van der Waals surface area contributed by atoms with Crippen molar-refractivity contribution in [3.63, 3.8) is 0 Å². The first-order chi connectivity index (χ1) is 13.2. The number of alkyl halides is 3. The largest absolute Gasteiger partial charge is 0.401 e. The number of Topliss-reactive ketones (excluding diaryl/α,β-unsaturated/α-hetero) is 1. The van der Waals surface area contributed by atoms with Gasteiger partial charge >= 0.3 is 6.18 Å². The van der Waals surface area contributed by atoms with Gasteiger partial charge < -0.3 is 5.11 Å². The Morgan fingerprint density at radius 2 is 1.52 bits per heavy atom. The van der Waals surface area contributed by atoms with Crippen LogP contribution in [0.5, 0.6) is 0 Å². The van der Waals surface area contributed by atoms with E-state index < -0.39 is 39.7 Å². The van der Waals surface area contributed by atoms with E-state index >= 15 is 0 Å². The molecule has 0 aromatic heterocycles. The second-order valence-electron chi connectivity index (χ2n) is 12.4. The summed E-state index contributed by atoms with van der Waals surface area (Å²) in [6, 6.07) is 0. The van der Waals surface area contributed by atoms with Crippen LogP contribution in [0.4, 0.5) is 13.2 Å².